The van der Waals surface area contributed by atoms with Gasteiger partial charge in [0.1, 0.15) is 5.84 Å². The van der Waals surface area contributed by atoms with Gasteiger partial charge in [-0.2, -0.15) is 0 Å². The predicted octanol–water partition coefficient (Wildman–Crippen LogP) is 0.456. The van der Waals surface area contributed by atoms with Gasteiger partial charge in [0, 0.05) is 6.54 Å². The molecule has 0 atom stereocenters. The van der Waals surface area contributed by atoms with Gasteiger partial charge >= 0.3 is 0 Å². The van der Waals surface area contributed by atoms with Crippen LogP contribution >= 0.6 is 0 Å². The Balaban J connectivity index is 2.61. The van der Waals surface area contributed by atoms with E-state index in [0.717, 1.165) is 5.56 Å². The third-order valence-electron chi connectivity index (χ3n) is 2.41. The van der Waals surface area contributed by atoms with Crippen molar-refractivity contribution in [2.75, 3.05) is 14.2 Å². The molecule has 0 saturated heterocycles. The third-order valence-corrected chi connectivity index (χ3v) is 2.41. The molecule has 0 aliphatic rings. The molecule has 0 aliphatic carbocycles. The second-order valence-corrected chi connectivity index (χ2v) is 3.73. The smallest absolute Gasteiger partial charge is 0.227 e. The van der Waals surface area contributed by atoms with Crippen molar-refractivity contribution in [3.63, 3.8) is 0 Å². The number of rotatable bonds is 6. The average Bonchev–Trinajstić information content (AvgIpc) is 2.44. The van der Waals surface area contributed by atoms with E-state index in [1.54, 1.807) is 26.4 Å². The number of nitrogens with two attached hydrogens (primary N) is 1. The summed E-state index contributed by atoms with van der Waals surface area (Å²) in [7, 11) is 3.09. The van der Waals surface area contributed by atoms with Crippen molar-refractivity contribution in [3.8, 4) is 11.5 Å². The number of carbonyl (C=O) groups is 1. The van der Waals surface area contributed by atoms with Crippen LogP contribution in [0.2, 0.25) is 0 Å². The molecule has 1 aromatic rings. The number of carbonyl (C=O) groups excluding carboxylic acids is 1. The van der Waals surface area contributed by atoms with E-state index < -0.39 is 0 Å². The summed E-state index contributed by atoms with van der Waals surface area (Å²) < 4.78 is 10.3. The molecule has 19 heavy (non-hydrogen) atoms. The van der Waals surface area contributed by atoms with Crippen LogP contribution in [0.3, 0.4) is 0 Å². The summed E-state index contributed by atoms with van der Waals surface area (Å²) in [4.78, 5) is 11.4. The number of amides is 1. The SMILES string of the molecule is COc1ccc(CNC(=O)C/C(N)=N/O)cc1OC. The molecular formula is C12H17N3O4. The van der Waals surface area contributed by atoms with E-state index in [1.807, 2.05) is 6.07 Å². The Bertz CT molecular complexity index is 474. The zero-order valence-electron chi connectivity index (χ0n) is 10.8. The summed E-state index contributed by atoms with van der Waals surface area (Å²) in [6.45, 7) is 0.317. The zero-order chi connectivity index (χ0) is 14.3. The van der Waals surface area contributed by atoms with Gasteiger partial charge < -0.3 is 25.7 Å². The molecule has 0 spiro atoms. The maximum absolute atomic E-state index is 11.4. The van der Waals surface area contributed by atoms with Gasteiger partial charge in [-0.15, -0.1) is 0 Å². The van der Waals surface area contributed by atoms with Crippen molar-refractivity contribution < 1.29 is 19.5 Å². The van der Waals surface area contributed by atoms with Crippen LogP contribution in [-0.4, -0.2) is 31.2 Å². The lowest BCUT2D eigenvalue weighted by Crippen LogP contribution is -2.28. The molecule has 104 valence electrons. The van der Waals surface area contributed by atoms with Crippen LogP contribution < -0.4 is 20.5 Å². The second kappa shape index (κ2) is 7.10. The Morgan fingerprint density at radius 2 is 2.05 bits per heavy atom. The number of hydrogen-bond acceptors (Lipinski definition) is 5. The van der Waals surface area contributed by atoms with Gasteiger partial charge in [0.15, 0.2) is 11.5 Å². The summed E-state index contributed by atoms with van der Waals surface area (Å²) in [6.07, 6.45) is -0.149. The monoisotopic (exact) mass is 267 g/mol. The number of ether oxygens (including phenoxy) is 2. The molecule has 0 unspecified atom stereocenters. The molecule has 1 rings (SSSR count). The number of oxime groups is 1. The Morgan fingerprint density at radius 1 is 1.37 bits per heavy atom. The third kappa shape index (κ3) is 4.38. The lowest BCUT2D eigenvalue weighted by atomic mass is 10.2. The quantitative estimate of drug-likeness (QED) is 0.300. The second-order valence-electron chi connectivity index (χ2n) is 3.73. The molecule has 0 aromatic heterocycles. The number of amidine groups is 1. The highest BCUT2D eigenvalue weighted by Crippen LogP contribution is 2.27. The lowest BCUT2D eigenvalue weighted by Gasteiger charge is -2.10. The lowest BCUT2D eigenvalue weighted by molar-refractivity contribution is -0.120. The average molecular weight is 267 g/mol. The summed E-state index contributed by atoms with van der Waals surface area (Å²) in [5.74, 6) is 0.745. The highest BCUT2D eigenvalue weighted by molar-refractivity contribution is 5.98. The molecule has 4 N–H and O–H groups in total. The maximum atomic E-state index is 11.4. The van der Waals surface area contributed by atoms with Crippen LogP contribution in [0.15, 0.2) is 23.4 Å². The van der Waals surface area contributed by atoms with E-state index >= 15 is 0 Å². The Labute approximate surface area is 111 Å². The van der Waals surface area contributed by atoms with Gasteiger partial charge in [-0.1, -0.05) is 11.2 Å². The van der Waals surface area contributed by atoms with Crippen LogP contribution in [0.1, 0.15) is 12.0 Å². The van der Waals surface area contributed by atoms with E-state index in [-0.39, 0.29) is 18.2 Å². The molecule has 0 bridgehead atoms. The fourth-order valence-electron chi connectivity index (χ4n) is 1.45. The highest BCUT2D eigenvalue weighted by Gasteiger charge is 2.07. The molecule has 7 nitrogen and oxygen atoms in total. The van der Waals surface area contributed by atoms with E-state index in [1.165, 1.54) is 0 Å². The molecule has 0 saturated carbocycles. The molecule has 0 heterocycles. The van der Waals surface area contributed by atoms with Gasteiger partial charge in [0.25, 0.3) is 0 Å². The standard InChI is InChI=1S/C12H17N3O4/c1-18-9-4-3-8(5-10(9)19-2)7-14-12(16)6-11(13)15-17/h3-5,17H,6-7H2,1-2H3,(H2,13,15)(H,14,16). The van der Waals surface area contributed by atoms with Gasteiger partial charge in [0.05, 0.1) is 20.6 Å². The van der Waals surface area contributed by atoms with Gasteiger partial charge in [-0.05, 0) is 17.7 Å². The van der Waals surface area contributed by atoms with E-state index in [0.29, 0.717) is 18.0 Å². The molecule has 0 aliphatic heterocycles. The fourth-order valence-corrected chi connectivity index (χ4v) is 1.45. The first-order chi connectivity index (χ1) is 9.10. The van der Waals surface area contributed by atoms with Crippen LogP contribution in [0.5, 0.6) is 11.5 Å². The van der Waals surface area contributed by atoms with E-state index in [9.17, 15) is 4.79 Å². The molecule has 0 fully saturated rings. The summed E-state index contributed by atoms with van der Waals surface area (Å²) in [6, 6.07) is 5.33. The molecule has 7 heteroatoms. The number of nitrogens with one attached hydrogen (secondary N) is 1. The van der Waals surface area contributed by atoms with Crippen molar-refractivity contribution in [2.24, 2.45) is 10.9 Å². The number of hydrogen-bond donors (Lipinski definition) is 3. The predicted molar refractivity (Wildman–Crippen MR) is 69.4 cm³/mol. The maximum Gasteiger partial charge on any atom is 0.227 e. The molecular weight excluding hydrogens is 250 g/mol. The Hall–Kier alpha value is -2.44. The first-order valence-corrected chi connectivity index (χ1v) is 5.54. The number of methoxy groups -OCH3 is 2. The Kier molecular flexibility index (Phi) is 5.46. The summed E-state index contributed by atoms with van der Waals surface area (Å²) in [5, 5.41) is 13.7. The van der Waals surface area contributed by atoms with Crippen LogP contribution in [0.4, 0.5) is 0 Å². The first-order valence-electron chi connectivity index (χ1n) is 5.54. The van der Waals surface area contributed by atoms with E-state index in [4.69, 9.17) is 20.4 Å². The Morgan fingerprint density at radius 3 is 2.63 bits per heavy atom. The van der Waals surface area contributed by atoms with Crippen molar-refractivity contribution in [3.05, 3.63) is 23.8 Å². The summed E-state index contributed by atoms with van der Waals surface area (Å²) >= 11 is 0. The van der Waals surface area contributed by atoms with Crippen molar-refractivity contribution in [1.82, 2.24) is 5.32 Å². The van der Waals surface area contributed by atoms with Gasteiger partial charge in [-0.3, -0.25) is 4.79 Å². The molecule has 1 amide bonds. The fraction of sp³-hybridized carbons (Fsp3) is 0.333. The minimum absolute atomic E-state index is 0.134. The number of nitrogens with zero attached hydrogens (tertiary/aromatic N) is 1. The van der Waals surface area contributed by atoms with E-state index in [2.05, 4.69) is 10.5 Å². The van der Waals surface area contributed by atoms with Crippen molar-refractivity contribution in [2.45, 2.75) is 13.0 Å². The van der Waals surface area contributed by atoms with Gasteiger partial charge in [-0.25, -0.2) is 0 Å². The molecule has 0 radical (unpaired) electrons. The van der Waals surface area contributed by atoms with Crippen molar-refractivity contribution in [1.29, 1.82) is 0 Å². The number of benzene rings is 1. The zero-order valence-corrected chi connectivity index (χ0v) is 10.8. The van der Waals surface area contributed by atoms with Crippen LogP contribution in [0.25, 0.3) is 0 Å². The topological polar surface area (TPSA) is 106 Å². The largest absolute Gasteiger partial charge is 0.493 e. The van der Waals surface area contributed by atoms with Crippen LogP contribution in [-0.2, 0) is 11.3 Å². The minimum Gasteiger partial charge on any atom is -0.493 e. The summed E-state index contributed by atoms with van der Waals surface area (Å²) in [5.41, 5.74) is 6.08. The normalized spacial score (nSPS) is 10.9. The minimum atomic E-state index is -0.329. The molecule has 1 aromatic carbocycles. The van der Waals surface area contributed by atoms with Crippen molar-refractivity contribution >= 4 is 11.7 Å². The first kappa shape index (κ1) is 14.6. The van der Waals surface area contributed by atoms with Crippen LogP contribution in [0, 0.1) is 0 Å². The highest BCUT2D eigenvalue weighted by atomic mass is 16.5. The van der Waals surface area contributed by atoms with Gasteiger partial charge in [0.2, 0.25) is 5.91 Å².